The molecular weight excluding hydrogens is 298 g/mol. The number of carboxylic acids is 1. The monoisotopic (exact) mass is 311 g/mol. The SMILES string of the molecule is CC(C)(C)[C@H](NS(=O)(=O)c1ccc(Cl)s1)C(=O)O. The number of aliphatic carboxylic acids is 1. The highest BCUT2D eigenvalue weighted by Gasteiger charge is 2.35. The topological polar surface area (TPSA) is 83.5 Å². The number of sulfonamides is 1. The van der Waals surface area contributed by atoms with Gasteiger partial charge in [0.2, 0.25) is 0 Å². The lowest BCUT2D eigenvalue weighted by molar-refractivity contribution is -0.141. The van der Waals surface area contributed by atoms with E-state index in [9.17, 15) is 13.2 Å². The van der Waals surface area contributed by atoms with Gasteiger partial charge in [0, 0.05) is 0 Å². The quantitative estimate of drug-likeness (QED) is 0.892. The molecule has 1 rings (SSSR count). The fourth-order valence-electron chi connectivity index (χ4n) is 1.25. The van der Waals surface area contributed by atoms with E-state index >= 15 is 0 Å². The van der Waals surface area contributed by atoms with Crippen LogP contribution in [-0.2, 0) is 14.8 Å². The highest BCUT2D eigenvalue weighted by molar-refractivity contribution is 7.91. The average Bonchev–Trinajstić information content (AvgIpc) is 2.60. The van der Waals surface area contributed by atoms with Crippen molar-refractivity contribution >= 4 is 38.9 Å². The first kappa shape index (κ1) is 15.4. The normalized spacial score (nSPS) is 14.4. The smallest absolute Gasteiger partial charge is 0.322 e. The number of nitrogens with one attached hydrogen (secondary N) is 1. The van der Waals surface area contributed by atoms with E-state index in [1.165, 1.54) is 12.1 Å². The minimum absolute atomic E-state index is 0.00278. The Morgan fingerprint density at radius 3 is 2.33 bits per heavy atom. The largest absolute Gasteiger partial charge is 0.480 e. The van der Waals surface area contributed by atoms with Crippen LogP contribution in [0.1, 0.15) is 20.8 Å². The van der Waals surface area contributed by atoms with Gasteiger partial charge in [-0.1, -0.05) is 32.4 Å². The van der Waals surface area contributed by atoms with E-state index in [0.29, 0.717) is 4.34 Å². The predicted octanol–water partition coefficient (Wildman–Crippen LogP) is 2.18. The minimum atomic E-state index is -3.86. The molecule has 0 unspecified atom stereocenters. The lowest BCUT2D eigenvalue weighted by atomic mass is 9.88. The fraction of sp³-hybridized carbons (Fsp3) is 0.500. The van der Waals surface area contributed by atoms with Gasteiger partial charge < -0.3 is 5.11 Å². The lowest BCUT2D eigenvalue weighted by Crippen LogP contribution is -2.48. The molecule has 1 heterocycles. The highest BCUT2D eigenvalue weighted by atomic mass is 35.5. The second kappa shape index (κ2) is 5.16. The zero-order valence-electron chi connectivity index (χ0n) is 10.1. The summed E-state index contributed by atoms with van der Waals surface area (Å²) < 4.78 is 26.5. The van der Waals surface area contributed by atoms with Crippen LogP contribution >= 0.6 is 22.9 Å². The minimum Gasteiger partial charge on any atom is -0.480 e. The van der Waals surface area contributed by atoms with E-state index in [4.69, 9.17) is 16.7 Å². The molecule has 0 saturated heterocycles. The highest BCUT2D eigenvalue weighted by Crippen LogP contribution is 2.27. The maximum atomic E-state index is 12.0. The van der Waals surface area contributed by atoms with Gasteiger partial charge in [0.1, 0.15) is 10.3 Å². The van der Waals surface area contributed by atoms with Gasteiger partial charge in [0.25, 0.3) is 10.0 Å². The summed E-state index contributed by atoms with van der Waals surface area (Å²) in [5, 5.41) is 9.07. The fourth-order valence-corrected chi connectivity index (χ4v) is 4.15. The molecule has 0 fully saturated rings. The summed E-state index contributed by atoms with van der Waals surface area (Å²) in [7, 11) is -3.86. The molecule has 0 bridgehead atoms. The summed E-state index contributed by atoms with van der Waals surface area (Å²) in [4.78, 5) is 11.1. The average molecular weight is 312 g/mol. The van der Waals surface area contributed by atoms with Crippen molar-refractivity contribution in [1.82, 2.24) is 4.72 Å². The van der Waals surface area contributed by atoms with E-state index in [0.717, 1.165) is 11.3 Å². The van der Waals surface area contributed by atoms with E-state index < -0.39 is 27.4 Å². The molecular formula is C10H14ClNO4S2. The molecule has 0 radical (unpaired) electrons. The van der Waals surface area contributed by atoms with Crippen LogP contribution in [0.4, 0.5) is 0 Å². The molecule has 102 valence electrons. The zero-order valence-corrected chi connectivity index (χ0v) is 12.5. The number of hydrogen-bond acceptors (Lipinski definition) is 4. The molecule has 18 heavy (non-hydrogen) atoms. The molecule has 0 aliphatic heterocycles. The van der Waals surface area contributed by atoms with Crippen molar-refractivity contribution in [1.29, 1.82) is 0 Å². The van der Waals surface area contributed by atoms with Crippen LogP contribution in [0.5, 0.6) is 0 Å². The molecule has 0 saturated carbocycles. The van der Waals surface area contributed by atoms with Crippen molar-refractivity contribution in [2.75, 3.05) is 0 Å². The van der Waals surface area contributed by atoms with Gasteiger partial charge in [0.05, 0.1) is 4.34 Å². The van der Waals surface area contributed by atoms with Gasteiger partial charge in [-0.3, -0.25) is 4.79 Å². The van der Waals surface area contributed by atoms with Crippen molar-refractivity contribution in [3.05, 3.63) is 16.5 Å². The van der Waals surface area contributed by atoms with Crippen molar-refractivity contribution < 1.29 is 18.3 Å². The van der Waals surface area contributed by atoms with Gasteiger partial charge in [-0.15, -0.1) is 11.3 Å². The van der Waals surface area contributed by atoms with Crippen LogP contribution < -0.4 is 4.72 Å². The first-order valence-electron chi connectivity index (χ1n) is 5.04. The van der Waals surface area contributed by atoms with Crippen molar-refractivity contribution in [3.63, 3.8) is 0 Å². The van der Waals surface area contributed by atoms with Gasteiger partial charge in [-0.25, -0.2) is 8.42 Å². The van der Waals surface area contributed by atoms with E-state index in [1.807, 2.05) is 0 Å². The van der Waals surface area contributed by atoms with Crippen LogP contribution in [0, 0.1) is 5.41 Å². The maximum Gasteiger partial charge on any atom is 0.322 e. The molecule has 0 aliphatic carbocycles. The predicted molar refractivity (Wildman–Crippen MR) is 70.5 cm³/mol. The Balaban J connectivity index is 3.05. The molecule has 0 aromatic carbocycles. The zero-order chi connectivity index (χ0) is 14.1. The van der Waals surface area contributed by atoms with Gasteiger partial charge in [-0.2, -0.15) is 4.72 Å². The molecule has 0 amide bonds. The standard InChI is InChI=1S/C10H14ClNO4S2/c1-10(2,3)8(9(13)14)12-18(15,16)7-5-4-6(11)17-7/h4-5,8,12H,1-3H3,(H,13,14)/t8-/m1/s1. The Hall–Kier alpha value is -0.630. The molecule has 5 nitrogen and oxygen atoms in total. The molecule has 1 atom stereocenters. The molecule has 0 spiro atoms. The summed E-state index contributed by atoms with van der Waals surface area (Å²) >= 11 is 6.55. The van der Waals surface area contributed by atoms with E-state index in [-0.39, 0.29) is 4.21 Å². The van der Waals surface area contributed by atoms with Crippen molar-refractivity contribution in [3.8, 4) is 0 Å². The summed E-state index contributed by atoms with van der Waals surface area (Å²) in [6.07, 6.45) is 0. The molecule has 1 aromatic heterocycles. The third-order valence-electron chi connectivity index (χ3n) is 2.20. The number of rotatable bonds is 4. The number of hydrogen-bond donors (Lipinski definition) is 2. The Morgan fingerprint density at radius 1 is 1.44 bits per heavy atom. The summed E-state index contributed by atoms with van der Waals surface area (Å²) in [5.41, 5.74) is -0.736. The first-order chi connectivity index (χ1) is 8.04. The molecule has 0 aliphatic rings. The first-order valence-corrected chi connectivity index (χ1v) is 7.72. The van der Waals surface area contributed by atoms with Crippen LogP contribution in [0.15, 0.2) is 16.3 Å². The Morgan fingerprint density at radius 2 is 2.00 bits per heavy atom. The Bertz CT molecular complexity index is 544. The van der Waals surface area contributed by atoms with Gasteiger partial charge >= 0.3 is 5.97 Å². The summed E-state index contributed by atoms with van der Waals surface area (Å²) in [6.45, 7) is 4.95. The molecule has 8 heteroatoms. The second-order valence-electron chi connectivity index (χ2n) is 4.82. The lowest BCUT2D eigenvalue weighted by Gasteiger charge is -2.27. The van der Waals surface area contributed by atoms with Crippen LogP contribution in [0.2, 0.25) is 4.34 Å². The van der Waals surface area contributed by atoms with E-state index in [1.54, 1.807) is 20.8 Å². The van der Waals surface area contributed by atoms with Crippen LogP contribution in [0.25, 0.3) is 0 Å². The number of carbonyl (C=O) groups is 1. The Kier molecular flexibility index (Phi) is 4.42. The number of halogens is 1. The summed E-state index contributed by atoms with van der Waals surface area (Å²) in [5.74, 6) is -1.21. The van der Waals surface area contributed by atoms with Crippen molar-refractivity contribution in [2.45, 2.75) is 31.0 Å². The van der Waals surface area contributed by atoms with Crippen molar-refractivity contribution in [2.24, 2.45) is 5.41 Å². The maximum absolute atomic E-state index is 12.0. The third kappa shape index (κ3) is 3.68. The molecule has 2 N–H and O–H groups in total. The van der Waals surface area contributed by atoms with Crippen LogP contribution in [0.3, 0.4) is 0 Å². The Labute approximate surface area is 115 Å². The number of carboxylic acid groups (broad SMARTS) is 1. The second-order valence-corrected chi connectivity index (χ2v) is 8.47. The third-order valence-corrected chi connectivity index (χ3v) is 5.35. The molecule has 1 aromatic rings. The van der Waals surface area contributed by atoms with Gasteiger partial charge in [0.15, 0.2) is 0 Å². The summed E-state index contributed by atoms with van der Waals surface area (Å²) in [6, 6.07) is 1.59. The van der Waals surface area contributed by atoms with E-state index in [2.05, 4.69) is 4.72 Å². The van der Waals surface area contributed by atoms with Gasteiger partial charge in [-0.05, 0) is 17.5 Å². The number of thiophene rings is 1. The van der Waals surface area contributed by atoms with Crippen LogP contribution in [-0.4, -0.2) is 25.5 Å².